The van der Waals surface area contributed by atoms with Crippen LogP contribution in [-0.4, -0.2) is 47.5 Å². The molecule has 0 aliphatic heterocycles. The Bertz CT molecular complexity index is 948. The third kappa shape index (κ3) is 7.71. The fraction of sp³-hybridized carbons (Fsp3) is 0.364. The highest BCUT2D eigenvalue weighted by Gasteiger charge is 2.22. The minimum absolute atomic E-state index is 0.305. The van der Waals surface area contributed by atoms with Gasteiger partial charge in [-0.15, -0.1) is 0 Å². The number of carboxylic acids is 2. The van der Waals surface area contributed by atoms with Crippen LogP contribution in [0.3, 0.4) is 0 Å². The number of nitrogens with zero attached hydrogens (tertiary/aromatic N) is 4. The van der Waals surface area contributed by atoms with Crippen LogP contribution in [0.25, 0.3) is 17.1 Å². The molecule has 0 saturated heterocycles. The van der Waals surface area contributed by atoms with Crippen LogP contribution < -0.4 is 5.73 Å². The van der Waals surface area contributed by atoms with E-state index in [1.54, 1.807) is 6.20 Å². The van der Waals surface area contributed by atoms with Gasteiger partial charge in [-0.1, -0.05) is 12.1 Å². The summed E-state index contributed by atoms with van der Waals surface area (Å²) in [5, 5.41) is 19.1. The third-order valence-electron chi connectivity index (χ3n) is 4.62. The molecule has 31 heavy (non-hydrogen) atoms. The molecule has 9 nitrogen and oxygen atoms in total. The lowest BCUT2D eigenvalue weighted by atomic mass is 9.91. The van der Waals surface area contributed by atoms with E-state index in [1.807, 2.05) is 23.1 Å². The maximum Gasteiger partial charge on any atom is 0.300 e. The summed E-state index contributed by atoms with van der Waals surface area (Å²) in [6, 6.07) is 11.0. The number of aromatic nitrogens is 4. The number of nitrogens with two attached hydrogens (primary N) is 1. The van der Waals surface area contributed by atoms with Crippen LogP contribution in [0, 0.1) is 0 Å². The molecular weight excluding hydrogens is 398 g/mol. The summed E-state index contributed by atoms with van der Waals surface area (Å²) in [6.45, 7) is 2.17. The summed E-state index contributed by atoms with van der Waals surface area (Å²) >= 11 is 0. The molecule has 2 aromatic heterocycles. The minimum Gasteiger partial charge on any atom is -0.481 e. The van der Waals surface area contributed by atoms with Gasteiger partial charge < -0.3 is 20.5 Å². The molecule has 1 aliphatic carbocycles. The molecule has 0 spiro atoms. The van der Waals surface area contributed by atoms with Crippen molar-refractivity contribution in [1.82, 2.24) is 19.3 Å². The van der Waals surface area contributed by atoms with Gasteiger partial charge >= 0.3 is 0 Å². The lowest BCUT2D eigenvalue weighted by Gasteiger charge is -2.28. The van der Waals surface area contributed by atoms with Gasteiger partial charge in [0.25, 0.3) is 11.9 Å². The largest absolute Gasteiger partial charge is 0.481 e. The maximum atomic E-state index is 9.00. The number of imidazole rings is 1. The Morgan fingerprint density at radius 2 is 1.77 bits per heavy atom. The molecular formula is C22H29N5O4. The molecule has 1 aromatic carbocycles. The zero-order valence-corrected chi connectivity index (χ0v) is 17.8. The average molecular weight is 428 g/mol. The predicted molar refractivity (Wildman–Crippen MR) is 117 cm³/mol. The van der Waals surface area contributed by atoms with Crippen LogP contribution in [0.15, 0.2) is 55.1 Å². The van der Waals surface area contributed by atoms with E-state index in [4.69, 9.17) is 25.5 Å². The Balaban J connectivity index is 0.000000370. The summed E-state index contributed by atoms with van der Waals surface area (Å²) < 4.78 is 4.16. The molecule has 0 amide bonds. The SMILES string of the molecule is CC(=O)O.CC(=O)O.N[C@H]1CCC[C@@H](n2ccnc2-c2cccc(-n3cccn3)c2)C1. The number of carbonyl (C=O) groups is 2. The molecule has 1 fully saturated rings. The topological polar surface area (TPSA) is 136 Å². The van der Waals surface area contributed by atoms with Crippen LogP contribution in [-0.2, 0) is 9.59 Å². The lowest BCUT2D eigenvalue weighted by molar-refractivity contribution is -0.135. The first kappa shape index (κ1) is 23.8. The summed E-state index contributed by atoms with van der Waals surface area (Å²) in [5.41, 5.74) is 8.32. The van der Waals surface area contributed by atoms with Crippen molar-refractivity contribution in [1.29, 1.82) is 0 Å². The second-order valence-electron chi connectivity index (χ2n) is 7.28. The fourth-order valence-electron chi connectivity index (χ4n) is 3.49. The normalized spacial score (nSPS) is 17.5. The van der Waals surface area contributed by atoms with Crippen LogP contribution in [0.4, 0.5) is 0 Å². The van der Waals surface area contributed by atoms with Gasteiger partial charge in [0.15, 0.2) is 0 Å². The summed E-state index contributed by atoms with van der Waals surface area (Å²) in [7, 11) is 0. The zero-order chi connectivity index (χ0) is 22.8. The predicted octanol–water partition coefficient (Wildman–Crippen LogP) is 3.36. The smallest absolute Gasteiger partial charge is 0.300 e. The first-order valence-electron chi connectivity index (χ1n) is 10.1. The molecule has 2 atom stereocenters. The summed E-state index contributed by atoms with van der Waals surface area (Å²) in [6.07, 6.45) is 12.2. The standard InChI is InChI=1S/C18H21N5.2C2H4O2/c19-15-5-2-6-16(13-15)22-11-9-20-18(22)14-4-1-7-17(12-14)23-10-3-8-21-23;2*1-2(3)4/h1,3-4,7-12,15-16H,2,5-6,13,19H2;2*1H3,(H,3,4)/t15-,16+;;/m0../s1. The van der Waals surface area contributed by atoms with Crippen molar-refractivity contribution in [2.45, 2.75) is 51.6 Å². The molecule has 3 aromatic rings. The van der Waals surface area contributed by atoms with Crippen molar-refractivity contribution in [3.05, 3.63) is 55.1 Å². The van der Waals surface area contributed by atoms with E-state index in [0.717, 1.165) is 43.8 Å². The van der Waals surface area contributed by atoms with Gasteiger partial charge in [-0.05, 0) is 43.9 Å². The number of carboxylic acid groups (broad SMARTS) is 2. The Morgan fingerprint density at radius 3 is 2.39 bits per heavy atom. The van der Waals surface area contributed by atoms with Crippen LogP contribution >= 0.6 is 0 Å². The van der Waals surface area contributed by atoms with Gasteiger partial charge in [-0.25, -0.2) is 9.67 Å². The van der Waals surface area contributed by atoms with E-state index in [2.05, 4.69) is 45.1 Å². The Labute approximate surface area is 181 Å². The van der Waals surface area contributed by atoms with E-state index >= 15 is 0 Å². The van der Waals surface area contributed by atoms with Gasteiger partial charge in [-0.2, -0.15) is 5.10 Å². The lowest BCUT2D eigenvalue weighted by Crippen LogP contribution is -2.29. The molecule has 0 radical (unpaired) electrons. The van der Waals surface area contributed by atoms with Crippen molar-refractivity contribution < 1.29 is 19.8 Å². The van der Waals surface area contributed by atoms with Crippen molar-refractivity contribution in [3.63, 3.8) is 0 Å². The van der Waals surface area contributed by atoms with Crippen LogP contribution in [0.1, 0.15) is 45.6 Å². The maximum absolute atomic E-state index is 9.00. The minimum atomic E-state index is -0.833. The molecule has 2 heterocycles. The fourth-order valence-corrected chi connectivity index (χ4v) is 3.49. The average Bonchev–Trinajstić information content (AvgIpc) is 3.39. The van der Waals surface area contributed by atoms with Crippen molar-refractivity contribution >= 4 is 11.9 Å². The Kier molecular flexibility index (Phi) is 8.95. The number of hydrogen-bond acceptors (Lipinski definition) is 5. The second-order valence-corrected chi connectivity index (χ2v) is 7.28. The third-order valence-corrected chi connectivity index (χ3v) is 4.62. The van der Waals surface area contributed by atoms with Gasteiger partial charge in [0.1, 0.15) is 5.82 Å². The molecule has 4 N–H and O–H groups in total. The quantitative estimate of drug-likeness (QED) is 0.583. The Hall–Kier alpha value is -3.46. The van der Waals surface area contributed by atoms with Crippen LogP contribution in [0.5, 0.6) is 0 Å². The number of hydrogen-bond donors (Lipinski definition) is 3. The van der Waals surface area contributed by atoms with E-state index in [0.29, 0.717) is 12.1 Å². The molecule has 0 unspecified atom stereocenters. The highest BCUT2D eigenvalue weighted by Crippen LogP contribution is 2.31. The number of benzene rings is 1. The van der Waals surface area contributed by atoms with Gasteiger partial charge in [0.05, 0.1) is 5.69 Å². The zero-order valence-electron chi connectivity index (χ0n) is 17.8. The van der Waals surface area contributed by atoms with Crippen molar-refractivity contribution in [2.75, 3.05) is 0 Å². The second kappa shape index (κ2) is 11.7. The van der Waals surface area contributed by atoms with E-state index in [1.165, 1.54) is 12.8 Å². The van der Waals surface area contributed by atoms with E-state index in [-0.39, 0.29) is 0 Å². The monoisotopic (exact) mass is 427 g/mol. The molecule has 0 bridgehead atoms. The summed E-state index contributed by atoms with van der Waals surface area (Å²) in [5.74, 6) is -0.655. The molecule has 9 heteroatoms. The number of rotatable bonds is 3. The van der Waals surface area contributed by atoms with E-state index in [9.17, 15) is 0 Å². The van der Waals surface area contributed by atoms with Gasteiger partial charge in [0, 0.05) is 56.3 Å². The number of aliphatic carboxylic acids is 2. The molecule has 1 saturated carbocycles. The first-order chi connectivity index (χ1) is 14.8. The van der Waals surface area contributed by atoms with Crippen molar-refractivity contribution in [2.24, 2.45) is 5.73 Å². The van der Waals surface area contributed by atoms with Crippen molar-refractivity contribution in [3.8, 4) is 17.1 Å². The van der Waals surface area contributed by atoms with E-state index < -0.39 is 11.9 Å². The van der Waals surface area contributed by atoms with Gasteiger partial charge in [-0.3, -0.25) is 9.59 Å². The van der Waals surface area contributed by atoms with Gasteiger partial charge in [0.2, 0.25) is 0 Å². The highest BCUT2D eigenvalue weighted by molar-refractivity contribution is 5.63. The van der Waals surface area contributed by atoms with Crippen LogP contribution in [0.2, 0.25) is 0 Å². The molecule has 4 rings (SSSR count). The molecule has 166 valence electrons. The molecule has 1 aliphatic rings. The summed E-state index contributed by atoms with van der Waals surface area (Å²) in [4.78, 5) is 22.6. The Morgan fingerprint density at radius 1 is 1.06 bits per heavy atom. The highest BCUT2D eigenvalue weighted by atomic mass is 16.4. The first-order valence-corrected chi connectivity index (χ1v) is 10.1.